The fourth-order valence-electron chi connectivity index (χ4n) is 3.48. The Morgan fingerprint density at radius 2 is 1.67 bits per heavy atom. The minimum Gasteiger partial charge on any atom is -0.497 e. The number of ether oxygens (including phenoxy) is 4. The minimum atomic E-state index is -1.29. The van der Waals surface area contributed by atoms with E-state index in [1.165, 1.54) is 25.6 Å². The van der Waals surface area contributed by atoms with Crippen LogP contribution in [0.5, 0.6) is 5.75 Å². The number of carbonyl (C=O) groups excluding carboxylic acids is 3. The third-order valence-corrected chi connectivity index (χ3v) is 5.98. The predicted molar refractivity (Wildman–Crippen MR) is 120 cm³/mol. The molecule has 0 radical (unpaired) electrons. The van der Waals surface area contributed by atoms with Crippen molar-refractivity contribution in [1.29, 1.82) is 0 Å². The Balaban J connectivity index is 1.83. The van der Waals surface area contributed by atoms with Gasteiger partial charge in [-0.25, -0.2) is 14.6 Å². The molecule has 2 heterocycles. The minimum absolute atomic E-state index is 0.0103. The van der Waals surface area contributed by atoms with E-state index >= 15 is 0 Å². The van der Waals surface area contributed by atoms with Crippen LogP contribution in [0.4, 0.5) is 0 Å². The summed E-state index contributed by atoms with van der Waals surface area (Å²) in [5.41, 5.74) is 2.16. The molecule has 1 aromatic carbocycles. The molecule has 1 N–H and O–H groups in total. The number of allylic oxidation sites excluding steroid dienone is 2. The van der Waals surface area contributed by atoms with Crippen LogP contribution in [0, 0.1) is 5.92 Å². The number of aromatic nitrogens is 1. The number of benzene rings is 1. The zero-order valence-electron chi connectivity index (χ0n) is 18.9. The number of dihydropyridines is 1. The van der Waals surface area contributed by atoms with E-state index in [-0.39, 0.29) is 17.8 Å². The molecule has 0 saturated heterocycles. The van der Waals surface area contributed by atoms with Crippen molar-refractivity contribution in [3.05, 3.63) is 57.9 Å². The summed E-state index contributed by atoms with van der Waals surface area (Å²) in [5, 5.41) is 5.44. The van der Waals surface area contributed by atoms with Crippen molar-refractivity contribution in [3.63, 3.8) is 0 Å². The molecule has 0 spiro atoms. The number of rotatable bonds is 7. The van der Waals surface area contributed by atoms with Gasteiger partial charge in [-0.05, 0) is 26.0 Å². The van der Waals surface area contributed by atoms with Crippen molar-refractivity contribution >= 4 is 29.2 Å². The number of nitrogens with one attached hydrogen (secondary N) is 1. The van der Waals surface area contributed by atoms with Crippen molar-refractivity contribution in [2.75, 3.05) is 21.3 Å². The van der Waals surface area contributed by atoms with Gasteiger partial charge in [0.15, 0.2) is 0 Å². The van der Waals surface area contributed by atoms with E-state index in [1.807, 2.05) is 24.3 Å². The zero-order valence-corrected chi connectivity index (χ0v) is 19.7. The first kappa shape index (κ1) is 24.0. The summed E-state index contributed by atoms with van der Waals surface area (Å²) in [4.78, 5) is 42.5. The van der Waals surface area contributed by atoms with Crippen molar-refractivity contribution < 1.29 is 33.3 Å². The molecule has 0 aliphatic carbocycles. The molecule has 174 valence electrons. The van der Waals surface area contributed by atoms with Crippen LogP contribution < -0.4 is 10.1 Å². The molecule has 1 aliphatic heterocycles. The van der Waals surface area contributed by atoms with Crippen LogP contribution in [0.25, 0.3) is 10.6 Å². The van der Waals surface area contributed by atoms with Gasteiger partial charge in [-0.3, -0.25) is 4.79 Å². The fourth-order valence-corrected chi connectivity index (χ4v) is 4.28. The highest BCUT2D eigenvalue weighted by Crippen LogP contribution is 2.33. The Morgan fingerprint density at radius 1 is 1.03 bits per heavy atom. The molecule has 0 amide bonds. The van der Waals surface area contributed by atoms with Gasteiger partial charge in [0, 0.05) is 22.3 Å². The monoisotopic (exact) mass is 472 g/mol. The van der Waals surface area contributed by atoms with E-state index < -0.39 is 23.8 Å². The summed E-state index contributed by atoms with van der Waals surface area (Å²) in [7, 11) is 3.98. The first-order chi connectivity index (χ1) is 15.8. The number of hydrogen-bond acceptors (Lipinski definition) is 10. The normalized spacial score (nSPS) is 14.0. The molecule has 0 saturated carbocycles. The quantitative estimate of drug-likeness (QED) is 0.480. The maximum Gasteiger partial charge on any atom is 0.336 e. The summed E-state index contributed by atoms with van der Waals surface area (Å²) in [6.45, 7) is 3.10. The van der Waals surface area contributed by atoms with E-state index in [9.17, 15) is 14.4 Å². The van der Waals surface area contributed by atoms with Crippen molar-refractivity contribution in [2.45, 2.75) is 20.5 Å². The summed E-state index contributed by atoms with van der Waals surface area (Å²) in [6, 6.07) is 7.45. The van der Waals surface area contributed by atoms with E-state index in [1.54, 1.807) is 26.3 Å². The van der Waals surface area contributed by atoms with E-state index in [0.717, 1.165) is 10.6 Å². The van der Waals surface area contributed by atoms with Gasteiger partial charge < -0.3 is 24.3 Å². The van der Waals surface area contributed by atoms with Crippen molar-refractivity contribution in [1.82, 2.24) is 10.3 Å². The second-order valence-electron chi connectivity index (χ2n) is 7.10. The van der Waals surface area contributed by atoms with Gasteiger partial charge in [-0.15, -0.1) is 11.3 Å². The molecule has 1 aliphatic rings. The molecule has 9 nitrogen and oxygen atoms in total. The maximum absolute atomic E-state index is 13.1. The Labute approximate surface area is 195 Å². The van der Waals surface area contributed by atoms with Crippen molar-refractivity contribution in [3.8, 4) is 16.3 Å². The first-order valence-electron chi connectivity index (χ1n) is 9.91. The van der Waals surface area contributed by atoms with Crippen LogP contribution in [-0.4, -0.2) is 44.2 Å². The molecule has 33 heavy (non-hydrogen) atoms. The Morgan fingerprint density at radius 3 is 2.24 bits per heavy atom. The number of thiazole rings is 1. The lowest BCUT2D eigenvalue weighted by atomic mass is 9.85. The standard InChI is InChI=1S/C23H24N2O7S/c1-12-17(21(26)30-4)19(18(13(2)24-12)22(27)31-5)23(28)32-10-15-11-33-20(25-15)14-7-6-8-16(9-14)29-3/h6-9,11,19,24H,10H2,1-5H3. The average molecular weight is 473 g/mol. The number of carbonyl (C=O) groups is 3. The lowest BCUT2D eigenvalue weighted by molar-refractivity contribution is -0.152. The van der Waals surface area contributed by atoms with Gasteiger partial charge in [0.1, 0.15) is 23.3 Å². The van der Waals surface area contributed by atoms with Gasteiger partial charge in [-0.2, -0.15) is 0 Å². The topological polar surface area (TPSA) is 113 Å². The molecule has 0 unspecified atom stereocenters. The molecular formula is C23H24N2O7S. The van der Waals surface area contributed by atoms with Crippen LogP contribution in [-0.2, 0) is 35.2 Å². The van der Waals surface area contributed by atoms with E-state index in [2.05, 4.69) is 10.3 Å². The maximum atomic E-state index is 13.1. The molecular weight excluding hydrogens is 448 g/mol. The number of esters is 3. The van der Waals surface area contributed by atoms with Gasteiger partial charge in [0.25, 0.3) is 0 Å². The summed E-state index contributed by atoms with van der Waals surface area (Å²) >= 11 is 1.39. The predicted octanol–water partition coefficient (Wildman–Crippen LogP) is 2.98. The third kappa shape index (κ3) is 5.06. The molecule has 3 rings (SSSR count). The van der Waals surface area contributed by atoms with Crippen LogP contribution in [0.2, 0.25) is 0 Å². The second kappa shape index (κ2) is 10.3. The molecule has 0 atom stereocenters. The van der Waals surface area contributed by atoms with Gasteiger partial charge in [-0.1, -0.05) is 12.1 Å². The smallest absolute Gasteiger partial charge is 0.336 e. The largest absolute Gasteiger partial charge is 0.497 e. The van der Waals surface area contributed by atoms with Gasteiger partial charge in [0.05, 0.1) is 38.2 Å². The number of hydrogen-bond donors (Lipinski definition) is 1. The van der Waals surface area contributed by atoms with Gasteiger partial charge >= 0.3 is 17.9 Å². The summed E-state index contributed by atoms with van der Waals surface area (Å²) < 4.78 is 20.4. The molecule has 0 bridgehead atoms. The van der Waals surface area contributed by atoms with E-state index in [4.69, 9.17) is 18.9 Å². The van der Waals surface area contributed by atoms with Crippen LogP contribution in [0.15, 0.2) is 52.2 Å². The first-order valence-corrected chi connectivity index (χ1v) is 10.8. The number of nitrogens with zero attached hydrogens (tertiary/aromatic N) is 1. The van der Waals surface area contributed by atoms with Crippen LogP contribution >= 0.6 is 11.3 Å². The Bertz CT molecular complexity index is 1110. The van der Waals surface area contributed by atoms with E-state index in [0.29, 0.717) is 22.8 Å². The van der Waals surface area contributed by atoms with Crippen LogP contribution in [0.3, 0.4) is 0 Å². The average Bonchev–Trinajstić information content (AvgIpc) is 3.30. The van der Waals surface area contributed by atoms with Gasteiger partial charge in [0.2, 0.25) is 0 Å². The molecule has 10 heteroatoms. The highest BCUT2D eigenvalue weighted by Gasteiger charge is 2.42. The lowest BCUT2D eigenvalue weighted by Gasteiger charge is -2.28. The summed E-state index contributed by atoms with van der Waals surface area (Å²) in [6.07, 6.45) is 0. The molecule has 2 aromatic rings. The Hall–Kier alpha value is -3.66. The zero-order chi connectivity index (χ0) is 24.1. The molecule has 0 fully saturated rings. The fraction of sp³-hybridized carbons (Fsp3) is 0.304. The highest BCUT2D eigenvalue weighted by molar-refractivity contribution is 7.13. The summed E-state index contributed by atoms with van der Waals surface area (Å²) in [5.74, 6) is -2.86. The van der Waals surface area contributed by atoms with Crippen LogP contribution in [0.1, 0.15) is 19.5 Å². The number of methoxy groups -OCH3 is 3. The van der Waals surface area contributed by atoms with Crippen molar-refractivity contribution in [2.24, 2.45) is 5.92 Å². The molecule has 1 aromatic heterocycles. The highest BCUT2D eigenvalue weighted by atomic mass is 32.1. The Kier molecular flexibility index (Phi) is 7.49. The second-order valence-corrected chi connectivity index (χ2v) is 7.96. The lowest BCUT2D eigenvalue weighted by Crippen LogP contribution is -2.37. The third-order valence-electron chi connectivity index (χ3n) is 5.04. The SMILES string of the molecule is COC(=O)C1=C(C)NC(C)=C(C(=O)OC)C1C(=O)OCc1csc(-c2cccc(OC)c2)n1.